The fourth-order valence-electron chi connectivity index (χ4n) is 8.25. The molecule has 0 unspecified atom stereocenters. The zero-order valence-corrected chi connectivity index (χ0v) is 29.5. The molecule has 2 bridgehead atoms. The van der Waals surface area contributed by atoms with Crippen LogP contribution in [0.4, 0.5) is 5.69 Å². The summed E-state index contributed by atoms with van der Waals surface area (Å²) in [5.74, 6) is -3.59. The first-order valence-electron chi connectivity index (χ1n) is 17.9. The van der Waals surface area contributed by atoms with E-state index in [9.17, 15) is 24.3 Å². The van der Waals surface area contributed by atoms with E-state index in [1.54, 1.807) is 17.1 Å². The minimum absolute atomic E-state index is 0.0585. The van der Waals surface area contributed by atoms with Crippen molar-refractivity contribution in [3.05, 3.63) is 104 Å². The molecule has 0 saturated carbocycles. The molecule has 3 aliphatic rings. The number of ether oxygens (including phenoxy) is 3. The largest absolute Gasteiger partial charge is 0.455 e. The van der Waals surface area contributed by atoms with Crippen molar-refractivity contribution in [2.75, 3.05) is 38.3 Å². The second-order valence-electron chi connectivity index (χ2n) is 13.7. The highest BCUT2D eigenvalue weighted by molar-refractivity contribution is 6.05. The fraction of sp³-hybridized carbons (Fsp3) is 0.415. The summed E-state index contributed by atoms with van der Waals surface area (Å²) >= 11 is 0. The number of methoxy groups -OCH3 is 1. The Morgan fingerprint density at radius 2 is 1.83 bits per heavy atom. The van der Waals surface area contributed by atoms with Gasteiger partial charge in [0.1, 0.15) is 17.7 Å². The van der Waals surface area contributed by atoms with E-state index in [0.29, 0.717) is 30.5 Å². The summed E-state index contributed by atoms with van der Waals surface area (Å²) < 4.78 is 18.4. The van der Waals surface area contributed by atoms with Gasteiger partial charge >= 0.3 is 5.97 Å². The molecular weight excluding hydrogens is 662 g/mol. The number of carbonyl (C=O) groups excluding carboxylic acids is 4. The molecule has 0 radical (unpaired) electrons. The van der Waals surface area contributed by atoms with Gasteiger partial charge in [-0.1, -0.05) is 72.8 Å². The lowest BCUT2D eigenvalue weighted by molar-refractivity contribution is -0.163. The molecule has 3 amide bonds. The van der Waals surface area contributed by atoms with E-state index in [0.717, 1.165) is 10.8 Å². The number of nitrogens with one attached hydrogen (secondary N) is 1. The summed E-state index contributed by atoms with van der Waals surface area (Å²) in [5.41, 5.74) is 0.0134. The molecule has 6 rings (SSSR count). The van der Waals surface area contributed by atoms with E-state index in [2.05, 4.69) is 18.5 Å². The Morgan fingerprint density at radius 1 is 1.08 bits per heavy atom. The van der Waals surface area contributed by atoms with E-state index in [4.69, 9.17) is 14.2 Å². The second kappa shape index (κ2) is 16.2. The van der Waals surface area contributed by atoms with Crippen LogP contribution in [-0.2, 0) is 33.4 Å². The van der Waals surface area contributed by atoms with Crippen molar-refractivity contribution in [1.82, 2.24) is 10.2 Å². The van der Waals surface area contributed by atoms with E-state index >= 15 is 0 Å². The molecular formula is C41H47N3O8. The number of rotatable bonds is 17. The van der Waals surface area contributed by atoms with Crippen LogP contribution >= 0.6 is 0 Å². The van der Waals surface area contributed by atoms with Crippen molar-refractivity contribution >= 4 is 40.2 Å². The molecule has 11 nitrogen and oxygen atoms in total. The van der Waals surface area contributed by atoms with Gasteiger partial charge in [-0.2, -0.15) is 0 Å². The van der Waals surface area contributed by atoms with Gasteiger partial charge in [0.25, 0.3) is 5.91 Å². The average molecular weight is 710 g/mol. The highest BCUT2D eigenvalue weighted by Gasteiger charge is 2.75. The van der Waals surface area contributed by atoms with Crippen LogP contribution < -0.4 is 10.2 Å². The van der Waals surface area contributed by atoms with Gasteiger partial charge < -0.3 is 34.4 Å². The molecule has 0 aromatic heterocycles. The molecule has 1 spiro atoms. The van der Waals surface area contributed by atoms with Crippen LogP contribution in [-0.4, -0.2) is 90.9 Å². The van der Waals surface area contributed by atoms with Crippen molar-refractivity contribution < 1.29 is 38.5 Å². The van der Waals surface area contributed by atoms with Gasteiger partial charge in [0.05, 0.1) is 30.6 Å². The minimum atomic E-state index is -1.28. The number of fused-ring (bicyclic) bond motifs is 2. The van der Waals surface area contributed by atoms with Gasteiger partial charge in [-0.05, 0) is 54.2 Å². The molecule has 274 valence electrons. The number of benzene rings is 3. The van der Waals surface area contributed by atoms with Gasteiger partial charge in [-0.25, -0.2) is 0 Å². The highest BCUT2D eigenvalue weighted by atomic mass is 16.6. The SMILES string of the molecule is C=CCCC(=O)N[C@@H](COC)[C@@H](OC(=O)[C@@H]1[C@H]2C(=O)N(CCCO)[C@H](C(=O)N(CC=C)c3ccc4ccccc4c3)[C@]23CC[C@H]1O3)c1ccccc1. The van der Waals surface area contributed by atoms with Gasteiger partial charge in [-0.15, -0.1) is 13.2 Å². The minimum Gasteiger partial charge on any atom is -0.455 e. The lowest BCUT2D eigenvalue weighted by Crippen LogP contribution is -2.56. The van der Waals surface area contributed by atoms with Gasteiger partial charge in [-0.3, -0.25) is 19.2 Å². The third-order valence-corrected chi connectivity index (χ3v) is 10.5. The fourth-order valence-corrected chi connectivity index (χ4v) is 8.25. The van der Waals surface area contributed by atoms with Crippen molar-refractivity contribution in [3.8, 4) is 0 Å². The summed E-state index contributed by atoms with van der Waals surface area (Å²) in [6, 6.07) is 20.9. The van der Waals surface area contributed by atoms with Crippen molar-refractivity contribution in [2.45, 2.75) is 62.0 Å². The molecule has 3 heterocycles. The molecule has 3 aliphatic heterocycles. The second-order valence-corrected chi connectivity index (χ2v) is 13.7. The number of amides is 3. The van der Waals surface area contributed by atoms with Crippen LogP contribution in [0.2, 0.25) is 0 Å². The maximum atomic E-state index is 14.9. The first-order chi connectivity index (χ1) is 25.3. The lowest BCUT2D eigenvalue weighted by atomic mass is 9.70. The quantitative estimate of drug-likeness (QED) is 0.155. The van der Waals surface area contributed by atoms with Crippen molar-refractivity contribution in [3.63, 3.8) is 0 Å². The molecule has 3 saturated heterocycles. The van der Waals surface area contributed by atoms with Crippen LogP contribution in [0.1, 0.15) is 43.8 Å². The standard InChI is InChI=1S/C41H47N3O8/c1-4-6-17-33(46)42-31(26-50-3)36(28-14-8-7-9-15-28)51-40(49)34-32-20-21-41(52-32)35(34)38(47)44(23-12-24-45)37(41)39(48)43(22-5-2)30-19-18-27-13-10-11-16-29(27)25-30/h4-5,7-11,13-16,18-19,25,31-32,34-37,45H,1-2,6,12,17,20-24,26H2,3H3,(H,42,46)/t31-,32+,34-,35-,36-,37+,41-/m0/s1. The smallest absolute Gasteiger partial charge is 0.313 e. The maximum Gasteiger partial charge on any atom is 0.313 e. The monoisotopic (exact) mass is 709 g/mol. The van der Waals surface area contributed by atoms with E-state index in [-0.39, 0.29) is 56.9 Å². The Bertz CT molecular complexity index is 1800. The molecule has 7 atom stereocenters. The normalized spacial score (nSPS) is 24.3. The summed E-state index contributed by atoms with van der Waals surface area (Å²) in [6.07, 6.45) is 3.49. The number of allylic oxidation sites excluding steroid dienone is 1. The van der Waals surface area contributed by atoms with Crippen LogP contribution in [0.5, 0.6) is 0 Å². The number of aliphatic hydroxyl groups excluding tert-OH is 1. The summed E-state index contributed by atoms with van der Waals surface area (Å²) in [4.78, 5) is 59.8. The first-order valence-corrected chi connectivity index (χ1v) is 17.9. The van der Waals surface area contributed by atoms with Crippen LogP contribution in [0.25, 0.3) is 10.8 Å². The number of esters is 1. The number of hydrogen-bond donors (Lipinski definition) is 2. The number of aliphatic hydroxyl groups is 1. The molecule has 3 fully saturated rings. The maximum absolute atomic E-state index is 14.9. The van der Waals surface area contributed by atoms with E-state index in [1.807, 2.05) is 72.8 Å². The predicted molar refractivity (Wildman–Crippen MR) is 196 cm³/mol. The number of likely N-dealkylation sites (tertiary alicyclic amines) is 1. The summed E-state index contributed by atoms with van der Waals surface area (Å²) in [5, 5.41) is 14.7. The van der Waals surface area contributed by atoms with Crippen LogP contribution in [0.15, 0.2) is 98.1 Å². The summed E-state index contributed by atoms with van der Waals surface area (Å²) in [6.45, 7) is 7.76. The zero-order valence-electron chi connectivity index (χ0n) is 29.5. The number of nitrogens with zero attached hydrogens (tertiary/aromatic N) is 2. The average Bonchev–Trinajstić information content (AvgIpc) is 3.81. The molecule has 0 aliphatic carbocycles. The van der Waals surface area contributed by atoms with Crippen molar-refractivity contribution in [1.29, 1.82) is 0 Å². The molecule has 3 aromatic rings. The summed E-state index contributed by atoms with van der Waals surface area (Å²) in [7, 11) is 1.50. The Labute approximate surface area is 304 Å². The van der Waals surface area contributed by atoms with Crippen molar-refractivity contribution in [2.24, 2.45) is 11.8 Å². The van der Waals surface area contributed by atoms with Gasteiger partial charge in [0.15, 0.2) is 0 Å². The van der Waals surface area contributed by atoms with E-state index in [1.165, 1.54) is 12.0 Å². The molecule has 3 aromatic carbocycles. The Hall–Kier alpha value is -4.84. The third kappa shape index (κ3) is 7.00. The number of hydrogen-bond acceptors (Lipinski definition) is 8. The number of anilines is 1. The first kappa shape index (κ1) is 36.9. The zero-order chi connectivity index (χ0) is 36.8. The Balaban J connectivity index is 1.33. The molecule has 52 heavy (non-hydrogen) atoms. The Morgan fingerprint density at radius 3 is 2.54 bits per heavy atom. The van der Waals surface area contributed by atoms with Crippen LogP contribution in [0.3, 0.4) is 0 Å². The number of carbonyl (C=O) groups is 4. The lowest BCUT2D eigenvalue weighted by Gasteiger charge is -2.37. The third-order valence-electron chi connectivity index (χ3n) is 10.5. The molecule has 2 N–H and O–H groups in total. The Kier molecular flexibility index (Phi) is 11.5. The van der Waals surface area contributed by atoms with Gasteiger partial charge in [0.2, 0.25) is 11.8 Å². The molecule has 11 heteroatoms. The van der Waals surface area contributed by atoms with Gasteiger partial charge in [0, 0.05) is 38.9 Å². The predicted octanol–water partition coefficient (Wildman–Crippen LogP) is 4.50. The highest BCUT2D eigenvalue weighted by Crippen LogP contribution is 2.59. The van der Waals surface area contributed by atoms with Crippen LogP contribution in [0, 0.1) is 11.8 Å². The topological polar surface area (TPSA) is 135 Å². The van der Waals surface area contributed by atoms with E-state index < -0.39 is 47.7 Å².